The van der Waals surface area contributed by atoms with E-state index in [1.807, 2.05) is 0 Å². The number of alkyl halides is 2. The maximum Gasteiger partial charge on any atom is 0.387 e. The first-order valence-corrected chi connectivity index (χ1v) is 12.4. The first-order valence-electron chi connectivity index (χ1n) is 10.1. The van der Waals surface area contributed by atoms with E-state index >= 15 is 0 Å². The average molecular weight is 532 g/mol. The van der Waals surface area contributed by atoms with Gasteiger partial charge in [0.05, 0.1) is 17.3 Å². The number of rotatable bonds is 8. The molecule has 1 amide bonds. The summed E-state index contributed by atoms with van der Waals surface area (Å²) in [6.07, 6.45) is 1.05. The Hall–Kier alpha value is -2.20. The number of benzene rings is 2. The molecule has 2 aromatic carbocycles. The van der Waals surface area contributed by atoms with Crippen LogP contribution in [0.15, 0.2) is 51.8 Å². The SMILES string of the molecule is COc1ccc(S(=O)(=O)C2CCN(C(=O)CCc3cc(Br)ccc3OC(F)F)CC2)cc1. The van der Waals surface area contributed by atoms with Crippen molar-refractivity contribution < 1.29 is 31.5 Å². The number of methoxy groups -OCH3 is 1. The van der Waals surface area contributed by atoms with E-state index in [0.717, 1.165) is 0 Å². The van der Waals surface area contributed by atoms with Crippen LogP contribution in [0, 0.1) is 0 Å². The molecule has 0 saturated carbocycles. The monoisotopic (exact) mass is 531 g/mol. The van der Waals surface area contributed by atoms with E-state index in [4.69, 9.17) is 4.74 Å². The maximum atomic E-state index is 12.9. The predicted molar refractivity (Wildman–Crippen MR) is 119 cm³/mol. The Morgan fingerprint density at radius 3 is 2.41 bits per heavy atom. The zero-order valence-electron chi connectivity index (χ0n) is 17.5. The number of carbonyl (C=O) groups is 1. The van der Waals surface area contributed by atoms with E-state index in [1.165, 1.54) is 25.3 Å². The lowest BCUT2D eigenvalue weighted by Gasteiger charge is -2.32. The van der Waals surface area contributed by atoms with Crippen molar-refractivity contribution >= 4 is 31.7 Å². The lowest BCUT2D eigenvalue weighted by atomic mass is 10.1. The molecule has 0 radical (unpaired) electrons. The summed E-state index contributed by atoms with van der Waals surface area (Å²) in [4.78, 5) is 14.5. The van der Waals surface area contributed by atoms with Crippen LogP contribution >= 0.6 is 15.9 Å². The minimum Gasteiger partial charge on any atom is -0.497 e. The van der Waals surface area contributed by atoms with Crippen molar-refractivity contribution in [3.63, 3.8) is 0 Å². The van der Waals surface area contributed by atoms with Crippen molar-refractivity contribution in [3.05, 3.63) is 52.5 Å². The van der Waals surface area contributed by atoms with E-state index in [-0.39, 0.29) is 29.4 Å². The van der Waals surface area contributed by atoms with Crippen molar-refractivity contribution in [3.8, 4) is 11.5 Å². The zero-order chi connectivity index (χ0) is 23.3. The molecule has 1 saturated heterocycles. The molecular formula is C22H24BrF2NO5S. The summed E-state index contributed by atoms with van der Waals surface area (Å²) >= 11 is 3.30. The highest BCUT2D eigenvalue weighted by Crippen LogP contribution is 2.28. The van der Waals surface area contributed by atoms with E-state index in [9.17, 15) is 22.0 Å². The van der Waals surface area contributed by atoms with Gasteiger partial charge in [0.2, 0.25) is 5.91 Å². The summed E-state index contributed by atoms with van der Waals surface area (Å²) in [7, 11) is -1.99. The number of amides is 1. The highest BCUT2D eigenvalue weighted by atomic mass is 79.9. The van der Waals surface area contributed by atoms with Gasteiger partial charge in [0.25, 0.3) is 0 Å². The first-order chi connectivity index (χ1) is 15.2. The number of sulfone groups is 1. The van der Waals surface area contributed by atoms with Crippen LogP contribution in [0.3, 0.4) is 0 Å². The standard InChI is InChI=1S/C22H24BrF2NO5S/c1-30-17-4-6-18(7-5-17)32(28,29)19-10-12-26(13-11-19)21(27)9-2-15-14-16(23)3-8-20(15)31-22(24)25/h3-8,14,19,22H,2,9-13H2,1H3. The van der Waals surface area contributed by atoms with E-state index in [0.29, 0.717) is 41.7 Å². The van der Waals surface area contributed by atoms with Crippen molar-refractivity contribution in [2.24, 2.45) is 0 Å². The maximum absolute atomic E-state index is 12.9. The largest absolute Gasteiger partial charge is 0.497 e. The molecule has 0 unspecified atom stereocenters. The van der Waals surface area contributed by atoms with Crippen LogP contribution in [0.4, 0.5) is 8.78 Å². The second-order valence-corrected chi connectivity index (χ2v) is 10.6. The van der Waals surface area contributed by atoms with Gasteiger partial charge in [-0.05, 0) is 67.3 Å². The van der Waals surface area contributed by atoms with Gasteiger partial charge in [-0.2, -0.15) is 8.78 Å². The van der Waals surface area contributed by atoms with Crippen molar-refractivity contribution in [2.75, 3.05) is 20.2 Å². The fourth-order valence-electron chi connectivity index (χ4n) is 3.73. The number of aryl methyl sites for hydroxylation is 1. The highest BCUT2D eigenvalue weighted by molar-refractivity contribution is 9.10. The Balaban J connectivity index is 1.57. The lowest BCUT2D eigenvalue weighted by Crippen LogP contribution is -2.42. The molecule has 10 heteroatoms. The summed E-state index contributed by atoms with van der Waals surface area (Å²) in [6, 6.07) is 11.0. The number of hydrogen-bond acceptors (Lipinski definition) is 5. The molecule has 1 heterocycles. The van der Waals surface area contributed by atoms with Crippen molar-refractivity contribution in [1.82, 2.24) is 4.90 Å². The normalized spacial score (nSPS) is 15.1. The van der Waals surface area contributed by atoms with Crippen LogP contribution in [0.25, 0.3) is 0 Å². The van der Waals surface area contributed by atoms with Gasteiger partial charge in [0.1, 0.15) is 11.5 Å². The third kappa shape index (κ3) is 5.98. The predicted octanol–water partition coefficient (Wildman–Crippen LogP) is 4.46. The number of halogens is 3. The molecule has 32 heavy (non-hydrogen) atoms. The van der Waals surface area contributed by atoms with Crippen LogP contribution in [-0.2, 0) is 21.1 Å². The summed E-state index contributed by atoms with van der Waals surface area (Å²) in [5.41, 5.74) is 0.505. The summed E-state index contributed by atoms with van der Waals surface area (Å²) < 4.78 is 61.4. The Bertz CT molecular complexity index is 1040. The van der Waals surface area contributed by atoms with Gasteiger partial charge in [-0.3, -0.25) is 4.79 Å². The zero-order valence-corrected chi connectivity index (χ0v) is 19.9. The summed E-state index contributed by atoms with van der Waals surface area (Å²) in [5.74, 6) is 0.477. The quantitative estimate of drug-likeness (QED) is 0.502. The Morgan fingerprint density at radius 2 is 1.81 bits per heavy atom. The minimum atomic E-state index is -3.50. The molecule has 0 aliphatic carbocycles. The Labute approximate surface area is 194 Å². The van der Waals surface area contributed by atoms with Gasteiger partial charge in [0.15, 0.2) is 9.84 Å². The number of piperidine rings is 1. The number of carbonyl (C=O) groups excluding carboxylic acids is 1. The van der Waals surface area contributed by atoms with Gasteiger partial charge in [-0.15, -0.1) is 0 Å². The molecule has 0 aromatic heterocycles. The molecule has 1 aliphatic rings. The van der Waals surface area contributed by atoms with Crippen LogP contribution in [-0.4, -0.2) is 51.3 Å². The Kier molecular flexibility index (Phi) is 8.10. The smallest absolute Gasteiger partial charge is 0.387 e. The second-order valence-electron chi connectivity index (χ2n) is 7.43. The second kappa shape index (κ2) is 10.6. The molecule has 0 atom stereocenters. The molecule has 0 spiro atoms. The molecule has 6 nitrogen and oxygen atoms in total. The molecule has 0 bridgehead atoms. The van der Waals surface area contributed by atoms with Gasteiger partial charge in [-0.1, -0.05) is 15.9 Å². The molecule has 174 valence electrons. The molecule has 1 aliphatic heterocycles. The first kappa shape index (κ1) is 24.4. The summed E-state index contributed by atoms with van der Waals surface area (Å²) in [5, 5.41) is -0.559. The third-order valence-corrected chi connectivity index (χ3v) is 8.24. The van der Waals surface area contributed by atoms with Crippen LogP contribution in [0.1, 0.15) is 24.8 Å². The van der Waals surface area contributed by atoms with Crippen LogP contribution < -0.4 is 9.47 Å². The number of likely N-dealkylation sites (tertiary alicyclic amines) is 1. The minimum absolute atomic E-state index is 0.0419. The Morgan fingerprint density at radius 1 is 1.16 bits per heavy atom. The van der Waals surface area contributed by atoms with E-state index < -0.39 is 21.7 Å². The molecule has 3 rings (SSSR count). The topological polar surface area (TPSA) is 72.9 Å². The van der Waals surface area contributed by atoms with Crippen LogP contribution in [0.2, 0.25) is 0 Å². The van der Waals surface area contributed by atoms with Gasteiger partial charge in [0, 0.05) is 24.0 Å². The average Bonchev–Trinajstić information content (AvgIpc) is 2.78. The van der Waals surface area contributed by atoms with Crippen LogP contribution in [0.5, 0.6) is 11.5 Å². The molecule has 2 aromatic rings. The van der Waals surface area contributed by atoms with Gasteiger partial charge in [-0.25, -0.2) is 8.42 Å². The molecule has 0 N–H and O–H groups in total. The van der Waals surface area contributed by atoms with Gasteiger partial charge < -0.3 is 14.4 Å². The van der Waals surface area contributed by atoms with E-state index in [2.05, 4.69) is 20.7 Å². The third-order valence-electron chi connectivity index (χ3n) is 5.47. The van der Waals surface area contributed by atoms with Crippen molar-refractivity contribution in [1.29, 1.82) is 0 Å². The molecular weight excluding hydrogens is 508 g/mol. The van der Waals surface area contributed by atoms with Gasteiger partial charge >= 0.3 is 6.61 Å². The van der Waals surface area contributed by atoms with E-state index in [1.54, 1.807) is 29.2 Å². The summed E-state index contributed by atoms with van der Waals surface area (Å²) in [6.45, 7) is -2.28. The fraction of sp³-hybridized carbons (Fsp3) is 0.409. The number of nitrogens with zero attached hydrogens (tertiary/aromatic N) is 1. The lowest BCUT2D eigenvalue weighted by molar-refractivity contribution is -0.132. The van der Waals surface area contributed by atoms with Crippen molar-refractivity contribution in [2.45, 2.75) is 42.4 Å². The number of ether oxygens (including phenoxy) is 2. The highest BCUT2D eigenvalue weighted by Gasteiger charge is 2.32. The molecule has 1 fully saturated rings. The number of hydrogen-bond donors (Lipinski definition) is 0. The fourth-order valence-corrected chi connectivity index (χ4v) is 5.87.